The molecular formula is C15H23N3O. The molecule has 4 heteroatoms. The zero-order chi connectivity index (χ0) is 14.0. The predicted octanol–water partition coefficient (Wildman–Crippen LogP) is 2.53. The number of aromatic nitrogens is 1. The van der Waals surface area contributed by atoms with E-state index in [1.54, 1.807) is 12.3 Å². The lowest BCUT2D eigenvalue weighted by atomic mass is 9.80. The first-order chi connectivity index (χ1) is 8.97. The molecule has 0 spiro atoms. The Kier molecular flexibility index (Phi) is 4.08. The first-order valence-corrected chi connectivity index (χ1v) is 7.00. The molecule has 0 aliphatic heterocycles. The SMILES string of the molecule is Cc1cc(N)c(C(=O)NC2CCC(C)CC2C)cn1. The number of carbonyl (C=O) groups excluding carboxylic acids is 1. The van der Waals surface area contributed by atoms with Gasteiger partial charge in [0.2, 0.25) is 0 Å². The first kappa shape index (κ1) is 13.8. The summed E-state index contributed by atoms with van der Waals surface area (Å²) in [7, 11) is 0. The van der Waals surface area contributed by atoms with Crippen molar-refractivity contribution in [2.75, 3.05) is 5.73 Å². The van der Waals surface area contributed by atoms with Crippen molar-refractivity contribution >= 4 is 11.6 Å². The molecule has 1 aliphatic rings. The van der Waals surface area contributed by atoms with Gasteiger partial charge >= 0.3 is 0 Å². The number of nitrogens with two attached hydrogens (primary N) is 1. The van der Waals surface area contributed by atoms with Crippen LogP contribution in [-0.4, -0.2) is 16.9 Å². The topological polar surface area (TPSA) is 68.0 Å². The Balaban J connectivity index is 2.04. The molecule has 0 radical (unpaired) electrons. The second-order valence-corrected chi connectivity index (χ2v) is 5.89. The number of nitrogen functional groups attached to an aromatic ring is 1. The van der Waals surface area contributed by atoms with E-state index in [9.17, 15) is 4.79 Å². The van der Waals surface area contributed by atoms with Crippen molar-refractivity contribution < 1.29 is 4.79 Å². The second-order valence-electron chi connectivity index (χ2n) is 5.89. The number of hydrogen-bond acceptors (Lipinski definition) is 3. The molecule has 1 amide bonds. The molecule has 4 nitrogen and oxygen atoms in total. The van der Waals surface area contributed by atoms with Gasteiger partial charge in [-0.1, -0.05) is 13.8 Å². The molecule has 1 heterocycles. The van der Waals surface area contributed by atoms with Gasteiger partial charge in [-0.25, -0.2) is 0 Å². The van der Waals surface area contributed by atoms with Crippen LogP contribution in [0, 0.1) is 18.8 Å². The van der Waals surface area contributed by atoms with Crippen LogP contribution in [0.15, 0.2) is 12.3 Å². The van der Waals surface area contributed by atoms with Crippen molar-refractivity contribution in [3.8, 4) is 0 Å². The first-order valence-electron chi connectivity index (χ1n) is 7.00. The van der Waals surface area contributed by atoms with Crippen molar-refractivity contribution in [3.63, 3.8) is 0 Å². The summed E-state index contributed by atoms with van der Waals surface area (Å²) in [6.45, 7) is 6.34. The van der Waals surface area contributed by atoms with Gasteiger partial charge in [-0.05, 0) is 44.1 Å². The van der Waals surface area contributed by atoms with Gasteiger partial charge in [0.15, 0.2) is 0 Å². The van der Waals surface area contributed by atoms with E-state index in [2.05, 4.69) is 24.1 Å². The summed E-state index contributed by atoms with van der Waals surface area (Å²) in [5, 5.41) is 3.11. The molecule has 3 atom stereocenters. The Bertz CT molecular complexity index is 472. The lowest BCUT2D eigenvalue weighted by Crippen LogP contribution is -2.42. The summed E-state index contributed by atoms with van der Waals surface area (Å²) in [6.07, 6.45) is 4.97. The van der Waals surface area contributed by atoms with Crippen molar-refractivity contribution in [1.82, 2.24) is 10.3 Å². The molecule has 104 valence electrons. The van der Waals surface area contributed by atoms with Gasteiger partial charge < -0.3 is 11.1 Å². The van der Waals surface area contributed by atoms with Crippen molar-refractivity contribution in [1.29, 1.82) is 0 Å². The highest BCUT2D eigenvalue weighted by molar-refractivity contribution is 5.99. The van der Waals surface area contributed by atoms with Gasteiger partial charge in [0.05, 0.1) is 5.56 Å². The maximum atomic E-state index is 12.2. The molecule has 3 unspecified atom stereocenters. The summed E-state index contributed by atoms with van der Waals surface area (Å²) in [5.74, 6) is 1.18. The Hall–Kier alpha value is -1.58. The molecule has 0 saturated heterocycles. The average Bonchev–Trinajstić information content (AvgIpc) is 2.32. The molecule has 0 aromatic carbocycles. The average molecular weight is 261 g/mol. The van der Waals surface area contributed by atoms with Gasteiger partial charge in [0, 0.05) is 23.6 Å². The fourth-order valence-corrected chi connectivity index (χ4v) is 2.90. The monoisotopic (exact) mass is 261 g/mol. The van der Waals surface area contributed by atoms with Crippen LogP contribution < -0.4 is 11.1 Å². The quantitative estimate of drug-likeness (QED) is 0.859. The van der Waals surface area contributed by atoms with Gasteiger partial charge in [0.25, 0.3) is 5.91 Å². The van der Waals surface area contributed by atoms with E-state index in [4.69, 9.17) is 5.73 Å². The fourth-order valence-electron chi connectivity index (χ4n) is 2.90. The number of aryl methyl sites for hydroxylation is 1. The van der Waals surface area contributed by atoms with Crippen LogP contribution in [0.25, 0.3) is 0 Å². The number of pyridine rings is 1. The largest absolute Gasteiger partial charge is 0.398 e. The highest BCUT2D eigenvalue weighted by Crippen LogP contribution is 2.28. The number of anilines is 1. The number of carbonyl (C=O) groups is 1. The van der Waals surface area contributed by atoms with E-state index < -0.39 is 0 Å². The summed E-state index contributed by atoms with van der Waals surface area (Å²) in [5.41, 5.74) is 7.70. The molecule has 3 N–H and O–H groups in total. The molecule has 2 rings (SSSR count). The highest BCUT2D eigenvalue weighted by atomic mass is 16.1. The minimum absolute atomic E-state index is 0.101. The van der Waals surface area contributed by atoms with Crippen LogP contribution in [0.3, 0.4) is 0 Å². The molecule has 0 bridgehead atoms. The number of amides is 1. The smallest absolute Gasteiger partial charge is 0.255 e. The van der Waals surface area contributed by atoms with E-state index in [0.717, 1.165) is 18.0 Å². The lowest BCUT2D eigenvalue weighted by molar-refractivity contribution is 0.0900. The van der Waals surface area contributed by atoms with E-state index >= 15 is 0 Å². The Morgan fingerprint density at radius 3 is 2.79 bits per heavy atom. The minimum Gasteiger partial charge on any atom is -0.398 e. The second kappa shape index (κ2) is 5.59. The van der Waals surface area contributed by atoms with Crippen LogP contribution >= 0.6 is 0 Å². The van der Waals surface area contributed by atoms with E-state index in [0.29, 0.717) is 17.2 Å². The Labute approximate surface area is 114 Å². The van der Waals surface area contributed by atoms with Gasteiger partial charge in [-0.2, -0.15) is 0 Å². The predicted molar refractivity (Wildman–Crippen MR) is 76.8 cm³/mol. The van der Waals surface area contributed by atoms with Crippen molar-refractivity contribution in [3.05, 3.63) is 23.5 Å². The van der Waals surface area contributed by atoms with Crippen LogP contribution in [0.2, 0.25) is 0 Å². The van der Waals surface area contributed by atoms with E-state index in [1.165, 1.54) is 12.8 Å². The third-order valence-corrected chi connectivity index (χ3v) is 4.07. The maximum absolute atomic E-state index is 12.2. The van der Waals surface area contributed by atoms with Crippen LogP contribution in [0.1, 0.15) is 49.2 Å². The zero-order valence-corrected chi connectivity index (χ0v) is 11.9. The normalized spacial score (nSPS) is 27.0. The molecule has 19 heavy (non-hydrogen) atoms. The van der Waals surface area contributed by atoms with E-state index in [1.807, 2.05) is 6.92 Å². The van der Waals surface area contributed by atoms with Gasteiger partial charge in [-0.3, -0.25) is 9.78 Å². The Morgan fingerprint density at radius 2 is 2.16 bits per heavy atom. The summed E-state index contributed by atoms with van der Waals surface area (Å²) in [6, 6.07) is 1.99. The number of hydrogen-bond donors (Lipinski definition) is 2. The highest BCUT2D eigenvalue weighted by Gasteiger charge is 2.27. The van der Waals surface area contributed by atoms with Crippen LogP contribution in [-0.2, 0) is 0 Å². The molecule has 1 aromatic rings. The van der Waals surface area contributed by atoms with Crippen LogP contribution in [0.5, 0.6) is 0 Å². The number of rotatable bonds is 2. The zero-order valence-electron chi connectivity index (χ0n) is 11.9. The molecule has 1 aliphatic carbocycles. The minimum atomic E-state index is -0.101. The summed E-state index contributed by atoms with van der Waals surface area (Å²) < 4.78 is 0. The maximum Gasteiger partial charge on any atom is 0.255 e. The lowest BCUT2D eigenvalue weighted by Gasteiger charge is -2.33. The van der Waals surface area contributed by atoms with Crippen LogP contribution in [0.4, 0.5) is 5.69 Å². The number of nitrogens with one attached hydrogen (secondary N) is 1. The Morgan fingerprint density at radius 1 is 1.42 bits per heavy atom. The third kappa shape index (κ3) is 3.25. The van der Waals surface area contributed by atoms with Gasteiger partial charge in [0.1, 0.15) is 0 Å². The summed E-state index contributed by atoms with van der Waals surface area (Å²) >= 11 is 0. The molecule has 1 aromatic heterocycles. The molecule has 1 fully saturated rings. The third-order valence-electron chi connectivity index (χ3n) is 4.07. The molecular weight excluding hydrogens is 238 g/mol. The fraction of sp³-hybridized carbons (Fsp3) is 0.600. The standard InChI is InChI=1S/C15H23N3O/c1-9-4-5-14(10(2)6-9)18-15(19)12-8-17-11(3)7-13(12)16/h7-10,14H,4-6H2,1-3H3,(H2,16,17)(H,18,19). The van der Waals surface area contributed by atoms with Crippen molar-refractivity contribution in [2.24, 2.45) is 11.8 Å². The van der Waals surface area contributed by atoms with Crippen molar-refractivity contribution in [2.45, 2.75) is 46.1 Å². The number of nitrogens with zero attached hydrogens (tertiary/aromatic N) is 1. The van der Waals surface area contributed by atoms with Gasteiger partial charge in [-0.15, -0.1) is 0 Å². The summed E-state index contributed by atoms with van der Waals surface area (Å²) in [4.78, 5) is 16.4. The molecule has 1 saturated carbocycles. The van der Waals surface area contributed by atoms with E-state index in [-0.39, 0.29) is 11.9 Å².